The lowest BCUT2D eigenvalue weighted by atomic mass is 10.2. The predicted molar refractivity (Wildman–Crippen MR) is 104 cm³/mol. The summed E-state index contributed by atoms with van der Waals surface area (Å²) in [4.78, 5) is 31.1. The Morgan fingerprint density at radius 3 is 2.50 bits per heavy atom. The second-order valence-electron chi connectivity index (χ2n) is 6.95. The number of nitrogens with two attached hydrogens (primary N) is 1. The van der Waals surface area contributed by atoms with Crippen molar-refractivity contribution in [3.8, 4) is 11.4 Å². The van der Waals surface area contributed by atoms with Crippen LogP contribution in [0, 0.1) is 6.92 Å². The molecule has 1 aliphatic heterocycles. The van der Waals surface area contributed by atoms with Crippen LogP contribution in [-0.2, 0) is 20.0 Å². The van der Waals surface area contributed by atoms with Gasteiger partial charge in [0.2, 0.25) is 0 Å². The second-order valence-corrected chi connectivity index (χ2v) is 6.95. The number of rotatable bonds is 3. The Bertz CT molecular complexity index is 1030. The average Bonchev–Trinajstić information content (AvgIpc) is 3.14. The molecule has 144 valence electrons. The van der Waals surface area contributed by atoms with Gasteiger partial charge in [-0.05, 0) is 13.0 Å². The quantitative estimate of drug-likeness (QED) is 0.744. The third-order valence-corrected chi connectivity index (χ3v) is 5.17. The maximum atomic E-state index is 12.9. The summed E-state index contributed by atoms with van der Waals surface area (Å²) < 4.78 is 3.70. The topological polar surface area (TPSA) is 99.0 Å². The lowest BCUT2D eigenvalue weighted by Gasteiger charge is -2.19. The van der Waals surface area contributed by atoms with Crippen LogP contribution in [0.15, 0.2) is 36.4 Å². The van der Waals surface area contributed by atoms with Crippen LogP contribution in [0.2, 0.25) is 0 Å². The first-order valence-corrected chi connectivity index (χ1v) is 9.20. The van der Waals surface area contributed by atoms with E-state index in [1.807, 2.05) is 48.9 Å². The highest BCUT2D eigenvalue weighted by molar-refractivity contribution is 5.94. The summed E-state index contributed by atoms with van der Waals surface area (Å²) in [6.45, 7) is 3.44. The fraction of sp³-hybridized carbons (Fsp3) is 0.300. The van der Waals surface area contributed by atoms with Crippen molar-refractivity contribution < 1.29 is 9.59 Å². The van der Waals surface area contributed by atoms with Crippen LogP contribution in [-0.4, -0.2) is 49.1 Å². The van der Waals surface area contributed by atoms with Crippen molar-refractivity contribution in [2.45, 2.75) is 19.9 Å². The molecule has 4 rings (SSSR count). The minimum absolute atomic E-state index is 0.107. The van der Waals surface area contributed by atoms with Crippen LogP contribution in [0.25, 0.3) is 11.4 Å². The first-order chi connectivity index (χ1) is 13.5. The van der Waals surface area contributed by atoms with Gasteiger partial charge in [-0.15, -0.1) is 0 Å². The maximum Gasteiger partial charge on any atom is 0.274 e. The van der Waals surface area contributed by atoms with E-state index in [1.165, 1.54) is 0 Å². The van der Waals surface area contributed by atoms with Crippen LogP contribution in [0.5, 0.6) is 0 Å². The number of benzene rings is 1. The van der Waals surface area contributed by atoms with Crippen LogP contribution in [0.3, 0.4) is 0 Å². The number of nitrogens with zero attached hydrogens (tertiary/aromatic N) is 5. The highest BCUT2D eigenvalue weighted by Crippen LogP contribution is 2.25. The smallest absolute Gasteiger partial charge is 0.274 e. The molecule has 1 aliphatic rings. The number of primary amides is 1. The first-order valence-electron chi connectivity index (χ1n) is 9.20. The molecule has 2 aromatic heterocycles. The molecule has 28 heavy (non-hydrogen) atoms. The molecule has 3 heterocycles. The lowest BCUT2D eigenvalue weighted by Crippen LogP contribution is -2.34. The molecule has 2 amide bonds. The number of fused-ring (bicyclic) bond motifs is 1. The number of hydrogen-bond acceptors (Lipinski definition) is 4. The minimum atomic E-state index is -0.550. The van der Waals surface area contributed by atoms with E-state index in [2.05, 4.69) is 10.1 Å². The first kappa shape index (κ1) is 18.0. The molecule has 0 atom stereocenters. The Kier molecular flexibility index (Phi) is 4.46. The number of aromatic nitrogens is 4. The number of hydrogen-bond donors (Lipinski definition) is 1. The molecule has 1 aromatic carbocycles. The van der Waals surface area contributed by atoms with Gasteiger partial charge in [-0.1, -0.05) is 30.3 Å². The Morgan fingerprint density at radius 2 is 1.86 bits per heavy atom. The zero-order chi connectivity index (χ0) is 19.8. The predicted octanol–water partition coefficient (Wildman–Crippen LogP) is 1.39. The summed E-state index contributed by atoms with van der Waals surface area (Å²) in [7, 11) is 1.82. The maximum absolute atomic E-state index is 12.9. The third-order valence-electron chi connectivity index (χ3n) is 5.17. The van der Waals surface area contributed by atoms with Crippen molar-refractivity contribution in [2.24, 2.45) is 12.8 Å². The van der Waals surface area contributed by atoms with E-state index in [-0.39, 0.29) is 11.6 Å². The number of aryl methyl sites for hydroxylation is 2. The van der Waals surface area contributed by atoms with E-state index < -0.39 is 5.91 Å². The molecule has 0 radical (unpaired) electrons. The van der Waals surface area contributed by atoms with Gasteiger partial charge in [0.05, 0.1) is 5.69 Å². The molecule has 8 heteroatoms. The fourth-order valence-electron chi connectivity index (χ4n) is 3.59. The molecule has 0 aliphatic carbocycles. The highest BCUT2D eigenvalue weighted by atomic mass is 16.2. The molecule has 0 bridgehead atoms. The minimum Gasteiger partial charge on any atom is -0.364 e. The monoisotopic (exact) mass is 378 g/mol. The van der Waals surface area contributed by atoms with E-state index in [1.54, 1.807) is 15.6 Å². The van der Waals surface area contributed by atoms with Crippen molar-refractivity contribution in [3.63, 3.8) is 0 Å². The second kappa shape index (κ2) is 6.95. The fourth-order valence-corrected chi connectivity index (χ4v) is 3.59. The molecule has 2 N–H and O–H groups in total. The van der Waals surface area contributed by atoms with Crippen molar-refractivity contribution in [1.82, 2.24) is 24.2 Å². The van der Waals surface area contributed by atoms with Crippen LogP contribution in [0.4, 0.5) is 0 Å². The van der Waals surface area contributed by atoms with Crippen LogP contribution < -0.4 is 5.73 Å². The van der Waals surface area contributed by atoms with Gasteiger partial charge in [0.15, 0.2) is 5.69 Å². The van der Waals surface area contributed by atoms with Crippen LogP contribution in [0.1, 0.15) is 32.4 Å². The van der Waals surface area contributed by atoms with Gasteiger partial charge in [0.25, 0.3) is 11.8 Å². The van der Waals surface area contributed by atoms with E-state index in [9.17, 15) is 9.59 Å². The molecular weight excluding hydrogens is 356 g/mol. The lowest BCUT2D eigenvalue weighted by molar-refractivity contribution is 0.0752. The van der Waals surface area contributed by atoms with Gasteiger partial charge in [0, 0.05) is 44.4 Å². The number of carbonyl (C=O) groups is 2. The van der Waals surface area contributed by atoms with E-state index in [0.29, 0.717) is 37.6 Å². The third kappa shape index (κ3) is 3.06. The average molecular weight is 378 g/mol. The Hall–Kier alpha value is -3.42. The summed E-state index contributed by atoms with van der Waals surface area (Å²) >= 11 is 0. The SMILES string of the molecule is Cc1cc(C(=O)N2CCc3c(C(N)=O)nc(-c4ccccc4)n3CC2)nn1C. The van der Waals surface area contributed by atoms with E-state index in [0.717, 1.165) is 17.0 Å². The number of amides is 2. The number of carbonyl (C=O) groups excluding carboxylic acids is 2. The zero-order valence-electron chi connectivity index (χ0n) is 15.9. The molecule has 0 fully saturated rings. The highest BCUT2D eigenvalue weighted by Gasteiger charge is 2.27. The van der Waals surface area contributed by atoms with Gasteiger partial charge in [-0.3, -0.25) is 14.3 Å². The standard InChI is InChI=1S/C20H22N6O2/c1-13-12-15(23-24(13)2)20(28)25-9-8-16-17(18(21)27)22-19(26(16)11-10-25)14-6-4-3-5-7-14/h3-7,12H,8-11H2,1-2H3,(H2,21,27). The molecule has 3 aromatic rings. The Labute approximate surface area is 162 Å². The van der Waals surface area contributed by atoms with Crippen molar-refractivity contribution >= 4 is 11.8 Å². The summed E-state index contributed by atoms with van der Waals surface area (Å²) in [6.07, 6.45) is 0.510. The normalized spacial score (nSPS) is 13.9. The van der Waals surface area contributed by atoms with Gasteiger partial charge >= 0.3 is 0 Å². The Balaban J connectivity index is 1.67. The molecule has 0 saturated heterocycles. The Morgan fingerprint density at radius 1 is 1.11 bits per heavy atom. The van der Waals surface area contributed by atoms with Crippen molar-refractivity contribution in [2.75, 3.05) is 13.1 Å². The van der Waals surface area contributed by atoms with Gasteiger partial charge in [-0.25, -0.2) is 4.98 Å². The summed E-state index contributed by atoms with van der Waals surface area (Å²) in [6, 6.07) is 11.5. The molecular formula is C20H22N6O2. The largest absolute Gasteiger partial charge is 0.364 e. The van der Waals surface area contributed by atoms with E-state index >= 15 is 0 Å². The molecule has 8 nitrogen and oxygen atoms in total. The van der Waals surface area contributed by atoms with Crippen LogP contribution >= 0.6 is 0 Å². The van der Waals surface area contributed by atoms with Gasteiger partial charge in [0.1, 0.15) is 11.5 Å². The molecule has 0 unspecified atom stereocenters. The molecule has 0 spiro atoms. The summed E-state index contributed by atoms with van der Waals surface area (Å²) in [5.41, 5.74) is 8.91. The summed E-state index contributed by atoms with van der Waals surface area (Å²) in [5.74, 6) is 0.0442. The molecule has 0 saturated carbocycles. The zero-order valence-corrected chi connectivity index (χ0v) is 15.9. The van der Waals surface area contributed by atoms with Gasteiger partial charge in [-0.2, -0.15) is 5.10 Å². The van der Waals surface area contributed by atoms with Crippen molar-refractivity contribution in [1.29, 1.82) is 0 Å². The van der Waals surface area contributed by atoms with Crippen molar-refractivity contribution in [3.05, 3.63) is 59.2 Å². The van der Waals surface area contributed by atoms with Gasteiger partial charge < -0.3 is 15.2 Å². The number of imidazole rings is 1. The van der Waals surface area contributed by atoms with E-state index in [4.69, 9.17) is 5.73 Å². The summed E-state index contributed by atoms with van der Waals surface area (Å²) in [5, 5.41) is 4.30.